The third-order valence-electron chi connectivity index (χ3n) is 5.03. The molecule has 0 aliphatic rings. The summed E-state index contributed by atoms with van der Waals surface area (Å²) < 4.78 is 24.7. The van der Waals surface area contributed by atoms with Crippen LogP contribution < -0.4 is 14.8 Å². The second kappa shape index (κ2) is 13.6. The van der Waals surface area contributed by atoms with Crippen molar-refractivity contribution in [3.63, 3.8) is 0 Å². The average molecular weight is 478 g/mol. The number of amides is 1. The van der Waals surface area contributed by atoms with E-state index in [0.717, 1.165) is 16.8 Å². The minimum atomic E-state index is -0.448. The van der Waals surface area contributed by atoms with Gasteiger partial charge in [0.15, 0.2) is 11.6 Å². The van der Waals surface area contributed by atoms with Gasteiger partial charge in [0, 0.05) is 48.8 Å². The van der Waals surface area contributed by atoms with Crippen molar-refractivity contribution in [2.45, 2.75) is 34.2 Å². The van der Waals surface area contributed by atoms with Crippen molar-refractivity contribution in [1.82, 2.24) is 10.3 Å². The smallest absolute Gasteiger partial charge is 0.251 e. The van der Waals surface area contributed by atoms with Crippen LogP contribution in [0.1, 0.15) is 48.0 Å². The Bertz CT molecular complexity index is 1210. The summed E-state index contributed by atoms with van der Waals surface area (Å²) in [7, 11) is 3.11. The Hall–Kier alpha value is -4.00. The van der Waals surface area contributed by atoms with Crippen LogP contribution >= 0.6 is 0 Å². The maximum Gasteiger partial charge on any atom is 0.251 e. The second-order valence-electron chi connectivity index (χ2n) is 7.19. The molecule has 3 aromatic rings. The molecule has 0 fully saturated rings. The molecule has 7 heteroatoms. The van der Waals surface area contributed by atoms with Gasteiger partial charge in [0.05, 0.1) is 12.8 Å². The number of carbonyl (C=O) groups excluding carboxylic acids is 1. The van der Waals surface area contributed by atoms with Crippen LogP contribution in [0.3, 0.4) is 0 Å². The summed E-state index contributed by atoms with van der Waals surface area (Å²) in [6.45, 7) is 7.98. The van der Waals surface area contributed by atoms with Gasteiger partial charge in [-0.2, -0.15) is 0 Å². The fourth-order valence-electron chi connectivity index (χ4n) is 3.25. The maximum absolute atomic E-state index is 13.6. The summed E-state index contributed by atoms with van der Waals surface area (Å²) in [5.41, 5.74) is 3.54. The number of allylic oxidation sites excluding steroid dienone is 2. The molecule has 1 aromatic heterocycles. The molecule has 35 heavy (non-hydrogen) atoms. The van der Waals surface area contributed by atoms with Gasteiger partial charge in [-0.3, -0.25) is 14.8 Å². The Morgan fingerprint density at radius 3 is 2.60 bits per heavy atom. The number of pyridine rings is 1. The molecular formula is C28H32FN3O3. The van der Waals surface area contributed by atoms with E-state index in [2.05, 4.69) is 15.3 Å². The summed E-state index contributed by atoms with van der Waals surface area (Å²) in [5, 5.41) is 2.86. The summed E-state index contributed by atoms with van der Waals surface area (Å²) in [4.78, 5) is 21.2. The van der Waals surface area contributed by atoms with Gasteiger partial charge in [0.1, 0.15) is 11.5 Å². The highest BCUT2D eigenvalue weighted by Crippen LogP contribution is 2.28. The number of aliphatic imine (C=N–C) groups is 1. The van der Waals surface area contributed by atoms with Crippen LogP contribution in [0.25, 0.3) is 5.57 Å². The number of benzene rings is 2. The van der Waals surface area contributed by atoms with E-state index < -0.39 is 5.82 Å². The number of hydrogen-bond acceptors (Lipinski definition) is 5. The molecule has 0 radical (unpaired) electrons. The fourth-order valence-corrected chi connectivity index (χ4v) is 3.25. The SMILES string of the molecule is C/C=C(\C=NC)c1cc(Oc2cccc(C(=O)NCc3ccc(F)c(OC)c3)c2C)ccn1.CC. The Kier molecular flexibility index (Phi) is 10.6. The highest BCUT2D eigenvalue weighted by atomic mass is 19.1. The van der Waals surface area contributed by atoms with Gasteiger partial charge in [-0.1, -0.05) is 32.1 Å². The average Bonchev–Trinajstić information content (AvgIpc) is 2.89. The van der Waals surface area contributed by atoms with Gasteiger partial charge >= 0.3 is 0 Å². The number of halogens is 1. The van der Waals surface area contributed by atoms with E-state index in [4.69, 9.17) is 9.47 Å². The van der Waals surface area contributed by atoms with Crippen LogP contribution in [-0.2, 0) is 6.54 Å². The van der Waals surface area contributed by atoms with Crippen LogP contribution in [0.4, 0.5) is 4.39 Å². The van der Waals surface area contributed by atoms with Crippen LogP contribution in [0, 0.1) is 12.7 Å². The first kappa shape index (κ1) is 27.2. The lowest BCUT2D eigenvalue weighted by Gasteiger charge is -2.13. The quantitative estimate of drug-likeness (QED) is 0.382. The van der Waals surface area contributed by atoms with E-state index in [1.54, 1.807) is 55.9 Å². The molecule has 0 aliphatic carbocycles. The first-order chi connectivity index (χ1) is 17.0. The van der Waals surface area contributed by atoms with Gasteiger partial charge in [-0.25, -0.2) is 4.39 Å². The topological polar surface area (TPSA) is 72.8 Å². The van der Waals surface area contributed by atoms with Gasteiger partial charge in [-0.15, -0.1) is 0 Å². The molecule has 2 aromatic carbocycles. The van der Waals surface area contributed by atoms with Crippen molar-refractivity contribution in [2.24, 2.45) is 4.99 Å². The third kappa shape index (κ3) is 7.24. The summed E-state index contributed by atoms with van der Waals surface area (Å²) in [5.74, 6) is 0.594. The summed E-state index contributed by atoms with van der Waals surface area (Å²) >= 11 is 0. The minimum absolute atomic E-state index is 0.135. The first-order valence-corrected chi connectivity index (χ1v) is 11.4. The lowest BCUT2D eigenvalue weighted by atomic mass is 10.1. The van der Waals surface area contributed by atoms with E-state index in [1.165, 1.54) is 13.2 Å². The molecule has 3 rings (SSSR count). The Balaban J connectivity index is 0.00000210. The summed E-state index contributed by atoms with van der Waals surface area (Å²) in [6, 6.07) is 13.4. The zero-order valence-electron chi connectivity index (χ0n) is 21.1. The number of methoxy groups -OCH3 is 1. The minimum Gasteiger partial charge on any atom is -0.494 e. The molecule has 0 aliphatic heterocycles. The highest BCUT2D eigenvalue weighted by Gasteiger charge is 2.14. The number of carbonyl (C=O) groups is 1. The van der Waals surface area contributed by atoms with Crippen molar-refractivity contribution in [3.8, 4) is 17.2 Å². The molecule has 1 N–H and O–H groups in total. The molecule has 0 bridgehead atoms. The van der Waals surface area contributed by atoms with E-state index in [9.17, 15) is 9.18 Å². The molecular weight excluding hydrogens is 445 g/mol. The lowest BCUT2D eigenvalue weighted by Crippen LogP contribution is -2.23. The third-order valence-corrected chi connectivity index (χ3v) is 5.03. The van der Waals surface area contributed by atoms with Crippen molar-refractivity contribution in [2.75, 3.05) is 14.2 Å². The Labute approximate surface area is 206 Å². The van der Waals surface area contributed by atoms with Gasteiger partial charge in [-0.05, 0) is 49.7 Å². The van der Waals surface area contributed by atoms with Crippen molar-refractivity contribution < 1.29 is 18.7 Å². The molecule has 1 amide bonds. The van der Waals surface area contributed by atoms with E-state index in [0.29, 0.717) is 22.6 Å². The van der Waals surface area contributed by atoms with Crippen molar-refractivity contribution >= 4 is 17.7 Å². The zero-order valence-corrected chi connectivity index (χ0v) is 21.1. The van der Waals surface area contributed by atoms with Crippen LogP contribution in [0.5, 0.6) is 17.2 Å². The van der Waals surface area contributed by atoms with E-state index >= 15 is 0 Å². The molecule has 0 saturated carbocycles. The standard InChI is InChI=1S/C26H26FN3O3.C2H6/c1-5-19(16-28-3)23-14-20(11-12-29-23)33-24-8-6-7-21(17(24)2)26(31)30-15-18-9-10-22(27)25(13-18)32-4;1-2/h5-14,16H,15H2,1-4H3,(H,30,31);1-2H3/b19-5+,28-16?;. The summed E-state index contributed by atoms with van der Waals surface area (Å²) in [6.07, 6.45) is 5.32. The molecule has 1 heterocycles. The number of ether oxygens (including phenoxy) is 2. The van der Waals surface area contributed by atoms with Gasteiger partial charge in [0.2, 0.25) is 0 Å². The molecule has 184 valence electrons. The monoisotopic (exact) mass is 477 g/mol. The highest BCUT2D eigenvalue weighted by molar-refractivity contribution is 6.08. The normalized spacial score (nSPS) is 11.0. The molecule has 0 saturated heterocycles. The predicted octanol–water partition coefficient (Wildman–Crippen LogP) is 6.39. The van der Waals surface area contributed by atoms with E-state index in [-0.39, 0.29) is 18.2 Å². The number of nitrogens with zero attached hydrogens (tertiary/aromatic N) is 2. The van der Waals surface area contributed by atoms with E-state index in [1.807, 2.05) is 39.8 Å². The Morgan fingerprint density at radius 2 is 1.91 bits per heavy atom. The molecule has 0 unspecified atom stereocenters. The Morgan fingerprint density at radius 1 is 1.14 bits per heavy atom. The fraction of sp³-hybridized carbons (Fsp3) is 0.250. The number of rotatable bonds is 8. The van der Waals surface area contributed by atoms with Crippen molar-refractivity contribution in [1.29, 1.82) is 0 Å². The van der Waals surface area contributed by atoms with Gasteiger partial charge in [0.25, 0.3) is 5.91 Å². The zero-order chi connectivity index (χ0) is 25.8. The number of hydrogen-bond donors (Lipinski definition) is 1. The van der Waals surface area contributed by atoms with Crippen molar-refractivity contribution in [3.05, 3.63) is 89.0 Å². The number of aromatic nitrogens is 1. The van der Waals surface area contributed by atoms with Crippen LogP contribution in [0.15, 0.2) is 65.8 Å². The second-order valence-corrected chi connectivity index (χ2v) is 7.19. The lowest BCUT2D eigenvalue weighted by molar-refractivity contribution is 0.0950. The first-order valence-electron chi connectivity index (χ1n) is 11.4. The van der Waals surface area contributed by atoms with Crippen LogP contribution in [-0.4, -0.2) is 31.3 Å². The maximum atomic E-state index is 13.6. The van der Waals surface area contributed by atoms with Gasteiger partial charge < -0.3 is 14.8 Å². The number of nitrogens with one attached hydrogen (secondary N) is 1. The van der Waals surface area contributed by atoms with Crippen LogP contribution in [0.2, 0.25) is 0 Å². The molecule has 6 nitrogen and oxygen atoms in total. The molecule has 0 spiro atoms. The largest absolute Gasteiger partial charge is 0.494 e. The molecule has 0 atom stereocenters. The predicted molar refractivity (Wildman–Crippen MR) is 139 cm³/mol.